The minimum absolute atomic E-state index is 0.408. The molecule has 0 heterocycles. The topological polar surface area (TPSA) is 15.3 Å². The lowest BCUT2D eigenvalue weighted by Crippen LogP contribution is -2.37. The second-order valence-electron chi connectivity index (χ2n) is 5.41. The Morgan fingerprint density at radius 1 is 1.18 bits per heavy atom. The number of hydrogen-bond donors (Lipinski definition) is 1. The zero-order valence-electron chi connectivity index (χ0n) is 12.0. The average Bonchev–Trinajstić information content (AvgIpc) is 2.15. The van der Waals surface area contributed by atoms with E-state index < -0.39 is 0 Å². The Morgan fingerprint density at radius 3 is 2.35 bits per heavy atom. The molecule has 0 spiro atoms. The first-order chi connectivity index (χ1) is 7.90. The third-order valence-electron chi connectivity index (χ3n) is 3.07. The van der Waals surface area contributed by atoms with Gasteiger partial charge >= 0.3 is 0 Å². The van der Waals surface area contributed by atoms with Gasteiger partial charge in [0, 0.05) is 18.6 Å². The maximum Gasteiger partial charge on any atom is 0.0297 e. The Labute approximate surface area is 106 Å². The maximum absolute atomic E-state index is 3.65. The van der Waals surface area contributed by atoms with Crippen LogP contribution in [-0.4, -0.2) is 31.6 Å². The second-order valence-corrected chi connectivity index (χ2v) is 5.41. The summed E-state index contributed by atoms with van der Waals surface area (Å²) < 4.78 is 0. The zero-order chi connectivity index (χ0) is 13.0. The Kier molecular flexibility index (Phi) is 5.16. The molecular formula is C15H26N2. The van der Waals surface area contributed by atoms with Crippen LogP contribution in [0.15, 0.2) is 18.2 Å². The minimum atomic E-state index is 0.408. The molecular weight excluding hydrogens is 208 g/mol. The van der Waals surface area contributed by atoms with Crippen molar-refractivity contribution in [3.8, 4) is 0 Å². The molecule has 1 rings (SSSR count). The Morgan fingerprint density at radius 2 is 1.82 bits per heavy atom. The number of nitrogens with one attached hydrogen (secondary N) is 1. The van der Waals surface area contributed by atoms with Crippen LogP contribution in [0.5, 0.6) is 0 Å². The van der Waals surface area contributed by atoms with Gasteiger partial charge in [-0.25, -0.2) is 0 Å². The maximum atomic E-state index is 3.65. The molecule has 17 heavy (non-hydrogen) atoms. The van der Waals surface area contributed by atoms with Crippen LogP contribution in [0.2, 0.25) is 0 Å². The standard InChI is InChI=1S/C15H26N2/c1-11-7-8-15(12(2)9-11)14(4)16-13(3)10-17(5)6/h7-9,13-14,16H,10H2,1-6H3. The lowest BCUT2D eigenvalue weighted by Gasteiger charge is -2.24. The van der Waals surface area contributed by atoms with Gasteiger partial charge in [0.15, 0.2) is 0 Å². The largest absolute Gasteiger partial charge is 0.308 e. The van der Waals surface area contributed by atoms with Gasteiger partial charge in [-0.2, -0.15) is 0 Å². The van der Waals surface area contributed by atoms with Crippen molar-refractivity contribution in [1.82, 2.24) is 10.2 Å². The van der Waals surface area contributed by atoms with E-state index >= 15 is 0 Å². The predicted molar refractivity (Wildman–Crippen MR) is 75.5 cm³/mol. The van der Waals surface area contributed by atoms with E-state index in [4.69, 9.17) is 0 Å². The molecule has 0 aliphatic rings. The summed E-state index contributed by atoms with van der Waals surface area (Å²) in [5.74, 6) is 0. The highest BCUT2D eigenvalue weighted by Gasteiger charge is 2.11. The normalized spacial score (nSPS) is 15.0. The molecule has 0 bridgehead atoms. The first-order valence-corrected chi connectivity index (χ1v) is 6.38. The third-order valence-corrected chi connectivity index (χ3v) is 3.07. The molecule has 0 aromatic heterocycles. The van der Waals surface area contributed by atoms with Gasteiger partial charge in [0.05, 0.1) is 0 Å². The molecule has 2 nitrogen and oxygen atoms in total. The summed E-state index contributed by atoms with van der Waals surface area (Å²) in [6, 6.07) is 7.60. The van der Waals surface area contributed by atoms with E-state index in [1.165, 1.54) is 16.7 Å². The Bertz CT molecular complexity index is 358. The first kappa shape index (κ1) is 14.2. The van der Waals surface area contributed by atoms with Crippen molar-refractivity contribution in [2.75, 3.05) is 20.6 Å². The second kappa shape index (κ2) is 6.18. The molecule has 0 saturated carbocycles. The van der Waals surface area contributed by atoms with Gasteiger partial charge in [-0.05, 0) is 52.9 Å². The van der Waals surface area contributed by atoms with Crippen molar-refractivity contribution < 1.29 is 0 Å². The molecule has 0 aliphatic heterocycles. The molecule has 96 valence electrons. The van der Waals surface area contributed by atoms with Crippen LogP contribution in [0.1, 0.15) is 36.6 Å². The van der Waals surface area contributed by atoms with E-state index in [9.17, 15) is 0 Å². The Hall–Kier alpha value is -0.860. The molecule has 0 aliphatic carbocycles. The number of rotatable bonds is 5. The van der Waals surface area contributed by atoms with Gasteiger partial charge in [0.2, 0.25) is 0 Å². The van der Waals surface area contributed by atoms with Crippen LogP contribution >= 0.6 is 0 Å². The highest BCUT2D eigenvalue weighted by atomic mass is 15.1. The molecule has 0 amide bonds. The lowest BCUT2D eigenvalue weighted by molar-refractivity contribution is 0.334. The first-order valence-electron chi connectivity index (χ1n) is 6.38. The van der Waals surface area contributed by atoms with Crippen LogP contribution in [0, 0.1) is 13.8 Å². The quantitative estimate of drug-likeness (QED) is 0.842. The van der Waals surface area contributed by atoms with Crippen LogP contribution < -0.4 is 5.32 Å². The number of benzene rings is 1. The van der Waals surface area contributed by atoms with E-state index in [0.29, 0.717) is 12.1 Å². The number of hydrogen-bond acceptors (Lipinski definition) is 2. The van der Waals surface area contributed by atoms with Gasteiger partial charge in [0.1, 0.15) is 0 Å². The summed E-state index contributed by atoms with van der Waals surface area (Å²) in [6.45, 7) is 9.87. The van der Waals surface area contributed by atoms with E-state index in [0.717, 1.165) is 6.54 Å². The molecule has 2 atom stereocenters. The van der Waals surface area contributed by atoms with Crippen LogP contribution in [-0.2, 0) is 0 Å². The molecule has 0 radical (unpaired) electrons. The highest BCUT2D eigenvalue weighted by molar-refractivity contribution is 5.32. The van der Waals surface area contributed by atoms with Crippen LogP contribution in [0.3, 0.4) is 0 Å². The van der Waals surface area contributed by atoms with Crippen LogP contribution in [0.4, 0.5) is 0 Å². The fraction of sp³-hybridized carbons (Fsp3) is 0.600. The fourth-order valence-corrected chi connectivity index (χ4v) is 2.43. The number of likely N-dealkylation sites (N-methyl/N-ethyl adjacent to an activating group) is 1. The highest BCUT2D eigenvalue weighted by Crippen LogP contribution is 2.18. The summed E-state index contributed by atoms with van der Waals surface area (Å²) >= 11 is 0. The SMILES string of the molecule is Cc1ccc(C(C)NC(C)CN(C)C)c(C)c1. The molecule has 1 aromatic carbocycles. The Balaban J connectivity index is 2.66. The minimum Gasteiger partial charge on any atom is -0.308 e. The third kappa shape index (κ3) is 4.49. The molecule has 1 N–H and O–H groups in total. The number of aryl methyl sites for hydroxylation is 2. The van der Waals surface area contributed by atoms with Crippen molar-refractivity contribution in [2.45, 2.75) is 39.8 Å². The van der Waals surface area contributed by atoms with Crippen molar-refractivity contribution >= 4 is 0 Å². The van der Waals surface area contributed by atoms with Crippen molar-refractivity contribution in [1.29, 1.82) is 0 Å². The van der Waals surface area contributed by atoms with E-state index in [2.05, 4.69) is 70.2 Å². The average molecular weight is 234 g/mol. The molecule has 0 fully saturated rings. The van der Waals surface area contributed by atoms with Gasteiger partial charge in [0.25, 0.3) is 0 Å². The summed E-state index contributed by atoms with van der Waals surface area (Å²) in [5, 5.41) is 3.65. The van der Waals surface area contributed by atoms with Crippen molar-refractivity contribution in [3.63, 3.8) is 0 Å². The predicted octanol–water partition coefficient (Wildman–Crippen LogP) is 2.90. The van der Waals surface area contributed by atoms with Gasteiger partial charge in [-0.15, -0.1) is 0 Å². The summed E-state index contributed by atoms with van der Waals surface area (Å²) in [4.78, 5) is 2.21. The molecule has 2 heteroatoms. The van der Waals surface area contributed by atoms with E-state index in [1.54, 1.807) is 0 Å². The zero-order valence-corrected chi connectivity index (χ0v) is 12.0. The molecule has 0 saturated heterocycles. The molecule has 2 unspecified atom stereocenters. The van der Waals surface area contributed by atoms with Gasteiger partial charge < -0.3 is 10.2 Å². The van der Waals surface area contributed by atoms with Gasteiger partial charge in [-0.1, -0.05) is 23.8 Å². The van der Waals surface area contributed by atoms with Crippen molar-refractivity contribution in [3.05, 3.63) is 34.9 Å². The smallest absolute Gasteiger partial charge is 0.0297 e. The number of nitrogens with zero attached hydrogens (tertiary/aromatic N) is 1. The summed E-state index contributed by atoms with van der Waals surface area (Å²) in [5.41, 5.74) is 4.11. The van der Waals surface area contributed by atoms with Crippen LogP contribution in [0.25, 0.3) is 0 Å². The monoisotopic (exact) mass is 234 g/mol. The lowest BCUT2D eigenvalue weighted by atomic mass is 10.00. The van der Waals surface area contributed by atoms with Crippen molar-refractivity contribution in [2.24, 2.45) is 0 Å². The fourth-order valence-electron chi connectivity index (χ4n) is 2.43. The molecule has 1 aromatic rings. The summed E-state index contributed by atoms with van der Waals surface area (Å²) in [6.07, 6.45) is 0. The van der Waals surface area contributed by atoms with Gasteiger partial charge in [-0.3, -0.25) is 0 Å². The van der Waals surface area contributed by atoms with E-state index in [1.807, 2.05) is 0 Å². The van der Waals surface area contributed by atoms with E-state index in [-0.39, 0.29) is 0 Å². The summed E-state index contributed by atoms with van der Waals surface area (Å²) in [7, 11) is 4.22.